The van der Waals surface area contributed by atoms with Gasteiger partial charge in [0.05, 0.1) is 0 Å². The van der Waals surface area contributed by atoms with Crippen LogP contribution in [-0.2, 0) is 14.3 Å². The highest BCUT2D eigenvalue weighted by atomic mass is 16.5. The molecule has 4 heteroatoms. The molecule has 1 amide bonds. The van der Waals surface area contributed by atoms with Crippen LogP contribution in [0.15, 0.2) is 0 Å². The van der Waals surface area contributed by atoms with Gasteiger partial charge in [-0.3, -0.25) is 9.59 Å². The molecule has 0 bridgehead atoms. The molecule has 0 spiro atoms. The van der Waals surface area contributed by atoms with Crippen LogP contribution < -0.4 is 0 Å². The average molecular weight is 281 g/mol. The zero-order valence-corrected chi connectivity index (χ0v) is 12.6. The second-order valence-corrected chi connectivity index (χ2v) is 6.07. The molecule has 20 heavy (non-hydrogen) atoms. The number of hydrogen-bond donors (Lipinski definition) is 0. The summed E-state index contributed by atoms with van der Waals surface area (Å²) >= 11 is 0. The molecule has 0 aromatic carbocycles. The second-order valence-electron chi connectivity index (χ2n) is 6.07. The Balaban J connectivity index is 1.97. The Kier molecular flexibility index (Phi) is 6.02. The number of piperidine rings is 1. The summed E-state index contributed by atoms with van der Waals surface area (Å²) in [6.45, 7) is 1.47. The van der Waals surface area contributed by atoms with Gasteiger partial charge in [-0.2, -0.15) is 0 Å². The van der Waals surface area contributed by atoms with Crippen LogP contribution in [0.25, 0.3) is 0 Å². The van der Waals surface area contributed by atoms with Crippen molar-refractivity contribution in [3.8, 4) is 0 Å². The van der Waals surface area contributed by atoms with E-state index >= 15 is 0 Å². The van der Waals surface area contributed by atoms with Crippen molar-refractivity contribution < 1.29 is 14.3 Å². The van der Waals surface area contributed by atoms with Crippen molar-refractivity contribution in [2.45, 2.75) is 63.8 Å². The fraction of sp³-hybridized carbons (Fsp3) is 0.875. The Morgan fingerprint density at radius 2 is 2.05 bits per heavy atom. The molecular formula is C16H27NO3. The Bertz CT molecular complexity index is 343. The van der Waals surface area contributed by atoms with Gasteiger partial charge in [0.25, 0.3) is 0 Å². The predicted octanol–water partition coefficient (Wildman–Crippen LogP) is 2.55. The zero-order valence-electron chi connectivity index (χ0n) is 12.6. The van der Waals surface area contributed by atoms with E-state index < -0.39 is 0 Å². The van der Waals surface area contributed by atoms with E-state index in [1.54, 1.807) is 7.11 Å². The minimum absolute atomic E-state index is 0.107. The highest BCUT2D eigenvalue weighted by molar-refractivity contribution is 5.84. The molecule has 0 aromatic rings. The number of ketones is 1. The monoisotopic (exact) mass is 281 g/mol. The maximum atomic E-state index is 12.4. The van der Waals surface area contributed by atoms with Crippen molar-refractivity contribution in [3.63, 3.8) is 0 Å². The Morgan fingerprint density at radius 3 is 2.80 bits per heavy atom. The van der Waals surface area contributed by atoms with E-state index in [-0.39, 0.29) is 17.9 Å². The number of likely N-dealkylation sites (tertiary alicyclic amines) is 1. The normalized spacial score (nSPS) is 27.6. The number of amides is 1. The van der Waals surface area contributed by atoms with Gasteiger partial charge in [0.2, 0.25) is 5.91 Å². The van der Waals surface area contributed by atoms with Gasteiger partial charge in [0.15, 0.2) is 0 Å². The van der Waals surface area contributed by atoms with Crippen LogP contribution in [0.4, 0.5) is 0 Å². The Morgan fingerprint density at radius 1 is 1.25 bits per heavy atom. The highest BCUT2D eigenvalue weighted by Gasteiger charge is 2.37. The average Bonchev–Trinajstić information content (AvgIpc) is 2.48. The molecule has 4 nitrogen and oxygen atoms in total. The smallest absolute Gasteiger partial charge is 0.222 e. The summed E-state index contributed by atoms with van der Waals surface area (Å²) in [6.07, 6.45) is 8.42. The fourth-order valence-electron chi connectivity index (χ4n) is 3.61. The van der Waals surface area contributed by atoms with Gasteiger partial charge in [-0.15, -0.1) is 0 Å². The lowest BCUT2D eigenvalue weighted by Crippen LogP contribution is -2.50. The van der Waals surface area contributed by atoms with Crippen LogP contribution in [0.2, 0.25) is 0 Å². The number of nitrogens with zero attached hydrogens (tertiary/aromatic N) is 1. The van der Waals surface area contributed by atoms with E-state index in [4.69, 9.17) is 4.74 Å². The largest absolute Gasteiger partial charge is 0.385 e. The molecule has 2 unspecified atom stereocenters. The quantitative estimate of drug-likeness (QED) is 0.728. The summed E-state index contributed by atoms with van der Waals surface area (Å²) in [5.74, 6) is 0.707. The summed E-state index contributed by atoms with van der Waals surface area (Å²) in [7, 11) is 1.66. The third kappa shape index (κ3) is 3.81. The molecule has 1 aliphatic carbocycles. The number of methoxy groups -OCH3 is 1. The van der Waals surface area contributed by atoms with Crippen LogP contribution in [0, 0.1) is 5.92 Å². The molecule has 1 heterocycles. The molecule has 2 aliphatic rings. The topological polar surface area (TPSA) is 46.6 Å². The lowest BCUT2D eigenvalue weighted by atomic mass is 9.79. The minimum Gasteiger partial charge on any atom is -0.385 e. The summed E-state index contributed by atoms with van der Waals surface area (Å²) in [6, 6.07) is 0.173. The minimum atomic E-state index is 0.107. The first-order valence-corrected chi connectivity index (χ1v) is 8.05. The van der Waals surface area contributed by atoms with E-state index in [0.29, 0.717) is 25.2 Å². The van der Waals surface area contributed by atoms with E-state index in [0.717, 1.165) is 51.5 Å². The zero-order chi connectivity index (χ0) is 14.4. The fourth-order valence-corrected chi connectivity index (χ4v) is 3.61. The first-order valence-electron chi connectivity index (χ1n) is 8.05. The van der Waals surface area contributed by atoms with E-state index in [1.807, 2.05) is 4.90 Å². The van der Waals surface area contributed by atoms with Crippen LogP contribution in [-0.4, -0.2) is 42.9 Å². The standard InChI is InChI=1S/C16H27NO3/c1-20-12-6-10-16(19)17-11-5-4-8-14(17)13-7-2-3-9-15(13)18/h13-14H,2-12H2,1H3. The lowest BCUT2D eigenvalue weighted by molar-refractivity contribution is -0.139. The molecule has 0 N–H and O–H groups in total. The maximum absolute atomic E-state index is 12.4. The van der Waals surface area contributed by atoms with Crippen molar-refractivity contribution in [2.75, 3.05) is 20.3 Å². The molecule has 1 saturated carbocycles. The maximum Gasteiger partial charge on any atom is 0.222 e. The van der Waals surface area contributed by atoms with Crippen LogP contribution in [0.5, 0.6) is 0 Å². The van der Waals surface area contributed by atoms with Gasteiger partial charge >= 0.3 is 0 Å². The number of carbonyl (C=O) groups excluding carboxylic acids is 2. The van der Waals surface area contributed by atoms with Gasteiger partial charge < -0.3 is 9.64 Å². The third-order valence-electron chi connectivity index (χ3n) is 4.68. The highest BCUT2D eigenvalue weighted by Crippen LogP contribution is 2.32. The second kappa shape index (κ2) is 7.77. The van der Waals surface area contributed by atoms with Crippen LogP contribution in [0.1, 0.15) is 57.8 Å². The summed E-state index contributed by atoms with van der Waals surface area (Å²) in [4.78, 5) is 26.6. The summed E-state index contributed by atoms with van der Waals surface area (Å²) < 4.78 is 5.01. The van der Waals surface area contributed by atoms with Crippen molar-refractivity contribution >= 4 is 11.7 Å². The number of ether oxygens (including phenoxy) is 1. The first-order chi connectivity index (χ1) is 9.74. The molecule has 0 aromatic heterocycles. The third-order valence-corrected chi connectivity index (χ3v) is 4.68. The van der Waals surface area contributed by atoms with Gasteiger partial charge in [-0.25, -0.2) is 0 Å². The first kappa shape index (κ1) is 15.5. The van der Waals surface area contributed by atoms with E-state index in [9.17, 15) is 9.59 Å². The van der Waals surface area contributed by atoms with Crippen molar-refractivity contribution in [1.29, 1.82) is 0 Å². The number of Topliss-reactive ketones (excluding diaryl/α,β-unsaturated/α-hetero) is 1. The van der Waals surface area contributed by atoms with Crippen molar-refractivity contribution in [1.82, 2.24) is 4.90 Å². The van der Waals surface area contributed by atoms with Gasteiger partial charge in [-0.1, -0.05) is 6.42 Å². The molecule has 2 rings (SSSR count). The van der Waals surface area contributed by atoms with Gasteiger partial charge in [0, 0.05) is 45.1 Å². The lowest BCUT2D eigenvalue weighted by Gasteiger charge is -2.41. The number of carbonyl (C=O) groups is 2. The Labute approximate surface area is 121 Å². The molecule has 1 aliphatic heterocycles. The van der Waals surface area contributed by atoms with Crippen molar-refractivity contribution in [3.05, 3.63) is 0 Å². The van der Waals surface area contributed by atoms with Crippen LogP contribution >= 0.6 is 0 Å². The van der Waals surface area contributed by atoms with E-state index in [1.165, 1.54) is 0 Å². The molecule has 0 radical (unpaired) electrons. The SMILES string of the molecule is COCCCC(=O)N1CCCCC1C1CCCCC1=O. The predicted molar refractivity (Wildman–Crippen MR) is 77.4 cm³/mol. The van der Waals surface area contributed by atoms with Gasteiger partial charge in [0.1, 0.15) is 5.78 Å². The number of rotatable bonds is 5. The Hall–Kier alpha value is -0.900. The molecule has 2 atom stereocenters. The molecule has 114 valence electrons. The molecule has 1 saturated heterocycles. The van der Waals surface area contributed by atoms with E-state index in [2.05, 4.69) is 0 Å². The van der Waals surface area contributed by atoms with Gasteiger partial charge in [-0.05, 0) is 38.5 Å². The molecular weight excluding hydrogens is 254 g/mol. The molecule has 2 fully saturated rings. The van der Waals surface area contributed by atoms with Crippen LogP contribution in [0.3, 0.4) is 0 Å². The summed E-state index contributed by atoms with van der Waals surface area (Å²) in [5.41, 5.74) is 0. The summed E-state index contributed by atoms with van der Waals surface area (Å²) in [5, 5.41) is 0. The number of hydrogen-bond acceptors (Lipinski definition) is 3. The van der Waals surface area contributed by atoms with Crippen molar-refractivity contribution in [2.24, 2.45) is 5.92 Å².